The summed E-state index contributed by atoms with van der Waals surface area (Å²) in [5.74, 6) is 0. The van der Waals surface area contributed by atoms with E-state index < -0.39 is 0 Å². The quantitative estimate of drug-likeness (QED) is 0.152. The van der Waals surface area contributed by atoms with Crippen LogP contribution in [-0.4, -0.2) is 13.1 Å². The van der Waals surface area contributed by atoms with Gasteiger partial charge in [-0.15, -0.1) is 0 Å². The van der Waals surface area contributed by atoms with Gasteiger partial charge in [-0.25, -0.2) is 0 Å². The molecule has 0 unspecified atom stereocenters. The first-order valence-electron chi connectivity index (χ1n) is 13.6. The summed E-state index contributed by atoms with van der Waals surface area (Å²) in [6.45, 7) is 7.09. The molecule has 0 saturated carbocycles. The van der Waals surface area contributed by atoms with Crippen LogP contribution < -0.4 is 5.32 Å². The summed E-state index contributed by atoms with van der Waals surface area (Å²) < 4.78 is 0. The Kier molecular flexibility index (Phi) is 26.9. The molecule has 0 aliphatic carbocycles. The van der Waals surface area contributed by atoms with E-state index in [1.807, 2.05) is 0 Å². The van der Waals surface area contributed by atoms with E-state index in [0.717, 1.165) is 0 Å². The number of nitrogens with one attached hydrogen (secondary N) is 1. The number of hydrogen-bond acceptors (Lipinski definition) is 1. The smallest absolute Gasteiger partial charge is 0.00489 e. The fourth-order valence-corrected chi connectivity index (χ4v) is 4.13. The van der Waals surface area contributed by atoms with Crippen molar-refractivity contribution in [3.8, 4) is 0 Å². The summed E-state index contributed by atoms with van der Waals surface area (Å²) >= 11 is 0. The lowest BCUT2D eigenvalue weighted by Crippen LogP contribution is -2.16. The van der Waals surface area contributed by atoms with Crippen LogP contribution >= 0.6 is 0 Å². The van der Waals surface area contributed by atoms with Crippen molar-refractivity contribution in [3.05, 3.63) is 0 Å². The lowest BCUT2D eigenvalue weighted by molar-refractivity contribution is 0.521. The van der Waals surface area contributed by atoms with Crippen molar-refractivity contribution in [1.29, 1.82) is 0 Å². The Hall–Kier alpha value is -0.0400. The van der Waals surface area contributed by atoms with E-state index in [9.17, 15) is 0 Å². The van der Waals surface area contributed by atoms with E-state index >= 15 is 0 Å². The Morgan fingerprint density at radius 1 is 0.286 bits per heavy atom. The molecule has 0 radical (unpaired) electrons. The van der Waals surface area contributed by atoms with Crippen LogP contribution in [-0.2, 0) is 0 Å². The maximum absolute atomic E-state index is 3.64. The maximum Gasteiger partial charge on any atom is -0.00489 e. The normalized spacial score (nSPS) is 11.4. The van der Waals surface area contributed by atoms with Crippen molar-refractivity contribution in [2.75, 3.05) is 13.1 Å². The minimum absolute atomic E-state index is 1.24. The van der Waals surface area contributed by atoms with Crippen LogP contribution in [0.3, 0.4) is 0 Å². The molecule has 1 nitrogen and oxygen atoms in total. The molecule has 0 aliphatic rings. The second-order valence-electron chi connectivity index (χ2n) is 9.17. The van der Waals surface area contributed by atoms with Gasteiger partial charge >= 0.3 is 0 Å². The zero-order valence-corrected chi connectivity index (χ0v) is 20.2. The lowest BCUT2D eigenvalue weighted by Gasteiger charge is -2.05. The molecule has 0 aromatic carbocycles. The highest BCUT2D eigenvalue weighted by molar-refractivity contribution is 4.53. The minimum Gasteiger partial charge on any atom is -0.317 e. The van der Waals surface area contributed by atoms with Crippen LogP contribution in [0.1, 0.15) is 162 Å². The molecule has 0 fully saturated rings. The van der Waals surface area contributed by atoms with Crippen LogP contribution in [0.25, 0.3) is 0 Å². The highest BCUT2D eigenvalue weighted by atomic mass is 14.8. The van der Waals surface area contributed by atoms with E-state index in [0.29, 0.717) is 0 Å². The Morgan fingerprint density at radius 3 is 0.750 bits per heavy atom. The number of rotatable bonds is 25. The first-order valence-corrected chi connectivity index (χ1v) is 13.6. The monoisotopic (exact) mass is 395 g/mol. The van der Waals surface area contributed by atoms with Crippen molar-refractivity contribution in [1.82, 2.24) is 5.32 Å². The molecule has 0 rings (SSSR count). The Labute approximate surface area is 180 Å². The fraction of sp³-hybridized carbons (Fsp3) is 1.00. The number of unbranched alkanes of at least 4 members (excludes halogenated alkanes) is 21. The summed E-state index contributed by atoms with van der Waals surface area (Å²) in [5.41, 5.74) is 0. The first kappa shape index (κ1) is 28.0. The van der Waals surface area contributed by atoms with Crippen LogP contribution in [0.4, 0.5) is 0 Å². The molecule has 28 heavy (non-hydrogen) atoms. The second kappa shape index (κ2) is 27.0. The molecule has 0 spiro atoms. The third-order valence-electron chi connectivity index (χ3n) is 6.16. The standard InChI is InChI=1S/C27H57N/c1-3-5-7-9-11-13-14-15-16-17-18-19-21-23-25-27-28-26-24-22-20-12-10-8-6-4-2/h28H,3-27H2,1-2H3. The zero-order chi connectivity index (χ0) is 20.4. The summed E-state index contributed by atoms with van der Waals surface area (Å²) in [7, 11) is 0. The second-order valence-corrected chi connectivity index (χ2v) is 9.17. The summed E-state index contributed by atoms with van der Waals surface area (Å²) in [6.07, 6.45) is 33.3. The molecule has 0 aliphatic heterocycles. The van der Waals surface area contributed by atoms with Crippen LogP contribution in [0.5, 0.6) is 0 Å². The SMILES string of the molecule is CCCCCCCCCCCCCCCCCNCCCCCCCCCC. The van der Waals surface area contributed by atoms with Gasteiger partial charge in [0.05, 0.1) is 0 Å². The van der Waals surface area contributed by atoms with Gasteiger partial charge in [0.1, 0.15) is 0 Å². The molecular formula is C27H57N. The van der Waals surface area contributed by atoms with E-state index in [-0.39, 0.29) is 0 Å². The molecule has 0 amide bonds. The van der Waals surface area contributed by atoms with Gasteiger partial charge in [0.15, 0.2) is 0 Å². The summed E-state index contributed by atoms with van der Waals surface area (Å²) in [4.78, 5) is 0. The molecule has 0 atom stereocenters. The molecule has 0 bridgehead atoms. The predicted molar refractivity (Wildman–Crippen MR) is 130 cm³/mol. The molecule has 0 aromatic heterocycles. The van der Waals surface area contributed by atoms with Crippen LogP contribution in [0, 0.1) is 0 Å². The van der Waals surface area contributed by atoms with Gasteiger partial charge < -0.3 is 5.32 Å². The molecule has 0 aromatic rings. The topological polar surface area (TPSA) is 12.0 Å². The highest BCUT2D eigenvalue weighted by Gasteiger charge is 1.95. The summed E-state index contributed by atoms with van der Waals surface area (Å²) in [5, 5.41) is 3.64. The van der Waals surface area contributed by atoms with Gasteiger partial charge in [-0.05, 0) is 25.9 Å². The summed E-state index contributed by atoms with van der Waals surface area (Å²) in [6, 6.07) is 0. The molecular weight excluding hydrogens is 338 g/mol. The van der Waals surface area contributed by atoms with E-state index in [4.69, 9.17) is 0 Å². The molecule has 0 heterocycles. The van der Waals surface area contributed by atoms with Gasteiger partial charge in [-0.2, -0.15) is 0 Å². The average molecular weight is 396 g/mol. The van der Waals surface area contributed by atoms with Crippen molar-refractivity contribution in [2.45, 2.75) is 162 Å². The average Bonchev–Trinajstić information content (AvgIpc) is 2.71. The lowest BCUT2D eigenvalue weighted by atomic mass is 10.0. The van der Waals surface area contributed by atoms with Gasteiger partial charge in [-0.3, -0.25) is 0 Å². The van der Waals surface area contributed by atoms with Gasteiger partial charge in [0.25, 0.3) is 0 Å². The van der Waals surface area contributed by atoms with Crippen LogP contribution in [0.2, 0.25) is 0 Å². The largest absolute Gasteiger partial charge is 0.317 e. The predicted octanol–water partition coefficient (Wildman–Crippen LogP) is 9.59. The van der Waals surface area contributed by atoms with E-state index in [1.165, 1.54) is 161 Å². The Bertz CT molecular complexity index is 225. The Balaban J connectivity index is 2.96. The maximum atomic E-state index is 3.64. The van der Waals surface area contributed by atoms with E-state index in [1.54, 1.807) is 0 Å². The first-order chi connectivity index (χ1) is 13.9. The minimum atomic E-state index is 1.24. The molecule has 1 heteroatoms. The zero-order valence-electron chi connectivity index (χ0n) is 20.2. The van der Waals surface area contributed by atoms with Crippen molar-refractivity contribution < 1.29 is 0 Å². The fourth-order valence-electron chi connectivity index (χ4n) is 4.13. The van der Waals surface area contributed by atoms with Gasteiger partial charge in [0, 0.05) is 0 Å². The van der Waals surface area contributed by atoms with Crippen LogP contribution in [0.15, 0.2) is 0 Å². The Morgan fingerprint density at radius 2 is 0.500 bits per heavy atom. The highest BCUT2D eigenvalue weighted by Crippen LogP contribution is 2.13. The van der Waals surface area contributed by atoms with Crippen molar-refractivity contribution in [2.24, 2.45) is 0 Å². The van der Waals surface area contributed by atoms with Gasteiger partial charge in [0.2, 0.25) is 0 Å². The third kappa shape index (κ3) is 26.0. The third-order valence-corrected chi connectivity index (χ3v) is 6.16. The van der Waals surface area contributed by atoms with Crippen molar-refractivity contribution >= 4 is 0 Å². The van der Waals surface area contributed by atoms with Gasteiger partial charge in [-0.1, -0.05) is 149 Å². The molecule has 1 N–H and O–H groups in total. The molecule has 0 saturated heterocycles. The number of hydrogen-bond donors (Lipinski definition) is 1. The van der Waals surface area contributed by atoms with E-state index in [2.05, 4.69) is 19.2 Å². The van der Waals surface area contributed by atoms with Crippen molar-refractivity contribution in [3.63, 3.8) is 0 Å². The molecule has 170 valence electrons.